The summed E-state index contributed by atoms with van der Waals surface area (Å²) >= 11 is 0. The second kappa shape index (κ2) is 7.44. The van der Waals surface area contributed by atoms with E-state index in [0.29, 0.717) is 11.6 Å². The zero-order chi connectivity index (χ0) is 20.7. The summed E-state index contributed by atoms with van der Waals surface area (Å²) < 4.78 is 2.02. The zero-order valence-electron chi connectivity index (χ0n) is 17.2. The molecule has 6 heteroatoms. The second-order valence-corrected chi connectivity index (χ2v) is 8.29. The summed E-state index contributed by atoms with van der Waals surface area (Å²) in [6.45, 7) is 4.86. The van der Waals surface area contributed by atoms with Crippen molar-refractivity contribution in [1.29, 1.82) is 0 Å². The van der Waals surface area contributed by atoms with Crippen molar-refractivity contribution in [1.82, 2.24) is 24.8 Å². The third kappa shape index (κ3) is 3.61. The van der Waals surface area contributed by atoms with Gasteiger partial charge in [0.25, 0.3) is 5.91 Å². The van der Waals surface area contributed by atoms with Crippen molar-refractivity contribution >= 4 is 16.8 Å². The normalized spacial score (nSPS) is 14.7. The summed E-state index contributed by atoms with van der Waals surface area (Å²) in [6, 6.07) is 10.1. The number of para-hydroxylation sites is 1. The smallest absolute Gasteiger partial charge is 0.268 e. The molecule has 1 aliphatic rings. The molecule has 1 fully saturated rings. The Hall–Kier alpha value is -3.41. The quantitative estimate of drug-likeness (QED) is 0.507. The van der Waals surface area contributed by atoms with Crippen molar-refractivity contribution in [2.45, 2.75) is 39.3 Å². The van der Waals surface area contributed by atoms with Crippen molar-refractivity contribution in [2.75, 3.05) is 0 Å². The monoisotopic (exact) mass is 399 g/mol. The SMILES string of the molecule is Cc1cc(Cn2ccnc2)cnc1C(NC(=O)c1cc2cccc(C)c2[nH]1)C1CC1. The van der Waals surface area contributed by atoms with Gasteiger partial charge in [0.15, 0.2) is 0 Å². The average Bonchev–Trinajstić information content (AvgIpc) is 3.25. The molecule has 1 aromatic carbocycles. The highest BCUT2D eigenvalue weighted by molar-refractivity contribution is 5.98. The van der Waals surface area contributed by atoms with Gasteiger partial charge in [-0.3, -0.25) is 9.78 Å². The van der Waals surface area contributed by atoms with Crippen LogP contribution in [0.25, 0.3) is 10.9 Å². The molecule has 1 saturated carbocycles. The lowest BCUT2D eigenvalue weighted by Crippen LogP contribution is -2.31. The largest absolute Gasteiger partial charge is 0.350 e. The number of pyridine rings is 1. The van der Waals surface area contributed by atoms with E-state index in [0.717, 1.165) is 52.7 Å². The molecule has 1 amide bonds. The van der Waals surface area contributed by atoms with Gasteiger partial charge in [-0.2, -0.15) is 0 Å². The first kappa shape index (κ1) is 18.6. The third-order valence-corrected chi connectivity index (χ3v) is 5.88. The Morgan fingerprint density at radius 2 is 2.13 bits per heavy atom. The molecule has 4 aromatic rings. The number of aromatic nitrogens is 4. The summed E-state index contributed by atoms with van der Waals surface area (Å²) in [5, 5.41) is 4.31. The lowest BCUT2D eigenvalue weighted by molar-refractivity contribution is 0.0926. The number of hydrogen-bond acceptors (Lipinski definition) is 3. The summed E-state index contributed by atoms with van der Waals surface area (Å²) in [7, 11) is 0. The number of aromatic amines is 1. The van der Waals surface area contributed by atoms with Crippen LogP contribution in [0.4, 0.5) is 0 Å². The van der Waals surface area contributed by atoms with Gasteiger partial charge < -0.3 is 14.9 Å². The fourth-order valence-corrected chi connectivity index (χ4v) is 4.13. The first-order chi connectivity index (χ1) is 14.6. The van der Waals surface area contributed by atoms with E-state index in [1.807, 2.05) is 48.1 Å². The molecule has 0 spiro atoms. The van der Waals surface area contributed by atoms with E-state index >= 15 is 0 Å². The van der Waals surface area contributed by atoms with Gasteiger partial charge in [-0.1, -0.05) is 24.3 Å². The van der Waals surface area contributed by atoms with Crippen LogP contribution in [0, 0.1) is 19.8 Å². The maximum atomic E-state index is 13.1. The number of H-pyrrole nitrogens is 1. The summed E-state index contributed by atoms with van der Waals surface area (Å²) in [6.07, 6.45) is 9.68. The van der Waals surface area contributed by atoms with Crippen molar-refractivity contribution in [3.63, 3.8) is 0 Å². The number of hydrogen-bond donors (Lipinski definition) is 2. The van der Waals surface area contributed by atoms with Gasteiger partial charge in [-0.25, -0.2) is 4.98 Å². The Morgan fingerprint density at radius 1 is 1.27 bits per heavy atom. The Kier molecular flexibility index (Phi) is 4.62. The van der Waals surface area contributed by atoms with Gasteiger partial charge in [-0.15, -0.1) is 0 Å². The standard InChI is InChI=1S/C24H25N5O/c1-15-4-3-5-19-11-20(27-21(15)19)24(30)28-23(18-6-7-18)22-16(2)10-17(12-26-22)13-29-9-8-25-14-29/h3-5,8-12,14,18,23,27H,6-7,13H2,1-2H3,(H,28,30). The van der Waals surface area contributed by atoms with Crippen LogP contribution in [0.15, 0.2) is 55.2 Å². The van der Waals surface area contributed by atoms with Crippen molar-refractivity contribution < 1.29 is 4.79 Å². The molecule has 152 valence electrons. The molecule has 2 N–H and O–H groups in total. The van der Waals surface area contributed by atoms with Crippen molar-refractivity contribution in [2.24, 2.45) is 5.92 Å². The van der Waals surface area contributed by atoms with Gasteiger partial charge >= 0.3 is 0 Å². The lowest BCUT2D eigenvalue weighted by atomic mass is 10.0. The van der Waals surface area contributed by atoms with Gasteiger partial charge in [0.2, 0.25) is 0 Å². The summed E-state index contributed by atoms with van der Waals surface area (Å²) in [4.78, 5) is 25.2. The number of nitrogens with one attached hydrogen (secondary N) is 2. The molecule has 3 heterocycles. The fourth-order valence-electron chi connectivity index (χ4n) is 4.13. The maximum Gasteiger partial charge on any atom is 0.268 e. The predicted octanol–water partition coefficient (Wildman–Crippen LogP) is 4.31. The highest BCUT2D eigenvalue weighted by atomic mass is 16.2. The summed E-state index contributed by atoms with van der Waals surface area (Å²) in [5.74, 6) is 0.372. The van der Waals surface area contributed by atoms with Crippen LogP contribution in [0.1, 0.15) is 51.8 Å². The van der Waals surface area contributed by atoms with E-state index in [-0.39, 0.29) is 11.9 Å². The van der Waals surface area contributed by atoms with Gasteiger partial charge in [0, 0.05) is 29.5 Å². The highest BCUT2D eigenvalue weighted by Gasteiger charge is 2.35. The average molecular weight is 399 g/mol. The van der Waals surface area contributed by atoms with Crippen LogP contribution in [-0.2, 0) is 6.54 Å². The van der Waals surface area contributed by atoms with E-state index < -0.39 is 0 Å². The number of benzene rings is 1. The van der Waals surface area contributed by atoms with E-state index in [9.17, 15) is 4.79 Å². The Morgan fingerprint density at radius 3 is 2.83 bits per heavy atom. The number of fused-ring (bicyclic) bond motifs is 1. The maximum absolute atomic E-state index is 13.1. The van der Waals surface area contributed by atoms with Gasteiger partial charge in [0.1, 0.15) is 5.69 Å². The molecule has 1 atom stereocenters. The van der Waals surface area contributed by atoms with Crippen molar-refractivity contribution in [3.8, 4) is 0 Å². The predicted molar refractivity (Wildman–Crippen MR) is 116 cm³/mol. The summed E-state index contributed by atoms with van der Waals surface area (Å²) in [5.41, 5.74) is 5.95. The fraction of sp³-hybridized carbons (Fsp3) is 0.292. The minimum absolute atomic E-state index is 0.0627. The van der Waals surface area contributed by atoms with E-state index in [2.05, 4.69) is 28.3 Å². The molecule has 0 aliphatic heterocycles. The topological polar surface area (TPSA) is 75.6 Å². The highest BCUT2D eigenvalue weighted by Crippen LogP contribution is 2.41. The molecule has 3 aromatic heterocycles. The Balaban J connectivity index is 1.38. The molecular weight excluding hydrogens is 374 g/mol. The number of rotatable bonds is 6. The number of carbonyl (C=O) groups excluding carboxylic acids is 1. The molecule has 0 bridgehead atoms. The lowest BCUT2D eigenvalue weighted by Gasteiger charge is -2.20. The number of aryl methyl sites for hydroxylation is 2. The Bertz CT molecular complexity index is 1200. The van der Waals surface area contributed by atoms with E-state index in [1.54, 1.807) is 12.5 Å². The zero-order valence-corrected chi connectivity index (χ0v) is 17.2. The van der Waals surface area contributed by atoms with Crippen LogP contribution < -0.4 is 5.32 Å². The number of amides is 1. The molecular formula is C24H25N5O. The van der Waals surface area contributed by atoms with E-state index in [1.165, 1.54) is 0 Å². The number of carbonyl (C=O) groups is 1. The first-order valence-corrected chi connectivity index (χ1v) is 10.4. The molecule has 6 nitrogen and oxygen atoms in total. The molecule has 0 saturated heterocycles. The number of imidazole rings is 1. The van der Waals surface area contributed by atoms with E-state index in [4.69, 9.17) is 4.98 Å². The Labute approximate surface area is 175 Å². The number of nitrogens with zero attached hydrogens (tertiary/aromatic N) is 3. The van der Waals surface area contributed by atoms with Crippen LogP contribution >= 0.6 is 0 Å². The molecule has 1 aliphatic carbocycles. The third-order valence-electron chi connectivity index (χ3n) is 5.88. The first-order valence-electron chi connectivity index (χ1n) is 10.4. The van der Waals surface area contributed by atoms with Gasteiger partial charge in [0.05, 0.1) is 24.6 Å². The minimum atomic E-state index is -0.0776. The second-order valence-electron chi connectivity index (χ2n) is 8.29. The van der Waals surface area contributed by atoms with Crippen LogP contribution in [0.5, 0.6) is 0 Å². The minimum Gasteiger partial charge on any atom is -0.350 e. The van der Waals surface area contributed by atoms with Crippen molar-refractivity contribution in [3.05, 3.63) is 83.3 Å². The van der Waals surface area contributed by atoms with Crippen LogP contribution in [0.2, 0.25) is 0 Å². The van der Waals surface area contributed by atoms with Gasteiger partial charge in [-0.05, 0) is 55.4 Å². The molecule has 5 rings (SSSR count). The molecule has 0 radical (unpaired) electrons. The van der Waals surface area contributed by atoms with Crippen LogP contribution in [0.3, 0.4) is 0 Å². The van der Waals surface area contributed by atoms with Crippen LogP contribution in [-0.4, -0.2) is 25.4 Å². The molecule has 1 unspecified atom stereocenters. The molecule has 30 heavy (non-hydrogen) atoms.